The third kappa shape index (κ3) is 4.62. The minimum atomic E-state index is -1.93. The Bertz CT molecular complexity index is 686. The first-order valence-corrected chi connectivity index (χ1v) is 12.0. The molecule has 140 valence electrons. The van der Waals surface area contributed by atoms with Crippen LogP contribution in [0, 0.1) is 0 Å². The van der Waals surface area contributed by atoms with Gasteiger partial charge in [-0.3, -0.25) is 4.79 Å². The van der Waals surface area contributed by atoms with E-state index in [1.807, 2.05) is 56.6 Å². The fraction of sp³-hybridized carbons (Fsp3) is 0.409. The fourth-order valence-electron chi connectivity index (χ4n) is 3.22. The van der Waals surface area contributed by atoms with Gasteiger partial charge in [-0.05, 0) is 35.8 Å². The number of nitrogens with zero attached hydrogens (tertiary/aromatic N) is 1. The predicted octanol–water partition coefficient (Wildman–Crippen LogP) is 5.70. The van der Waals surface area contributed by atoms with Crippen LogP contribution in [0.15, 0.2) is 54.6 Å². The first-order valence-electron chi connectivity index (χ1n) is 9.50. The number of ketones is 1. The molecule has 2 rings (SSSR count). The number of hydrogen-bond donors (Lipinski definition) is 0. The van der Waals surface area contributed by atoms with E-state index in [2.05, 4.69) is 37.8 Å². The average molecular weight is 370 g/mol. The molecule has 2 aromatic carbocycles. The van der Waals surface area contributed by atoms with Crippen LogP contribution in [0.4, 0.5) is 5.69 Å². The molecular formula is C22H31NO2Si. The molecule has 26 heavy (non-hydrogen) atoms. The lowest BCUT2D eigenvalue weighted by molar-refractivity contribution is 0.0772. The number of benzene rings is 2. The van der Waals surface area contributed by atoms with Crippen molar-refractivity contribution in [3.63, 3.8) is 0 Å². The van der Waals surface area contributed by atoms with E-state index >= 15 is 0 Å². The van der Waals surface area contributed by atoms with Crippen molar-refractivity contribution in [3.8, 4) is 0 Å². The van der Waals surface area contributed by atoms with Crippen LogP contribution in [0.1, 0.15) is 42.8 Å². The van der Waals surface area contributed by atoms with E-state index in [4.69, 9.17) is 4.43 Å². The summed E-state index contributed by atoms with van der Waals surface area (Å²) in [5.74, 6) is 0.0513. The molecule has 0 heterocycles. The highest BCUT2D eigenvalue weighted by molar-refractivity contribution is 6.73. The van der Waals surface area contributed by atoms with E-state index < -0.39 is 14.4 Å². The molecular weight excluding hydrogens is 338 g/mol. The molecule has 0 saturated carbocycles. The van der Waals surface area contributed by atoms with E-state index in [1.165, 1.54) is 0 Å². The van der Waals surface area contributed by atoms with Crippen LogP contribution in [-0.2, 0) is 4.43 Å². The zero-order valence-electron chi connectivity index (χ0n) is 16.7. The zero-order chi connectivity index (χ0) is 19.2. The van der Waals surface area contributed by atoms with Crippen LogP contribution in [-0.4, -0.2) is 28.2 Å². The number of rotatable bonds is 9. The fourth-order valence-corrected chi connectivity index (χ4v) is 5.97. The second-order valence-electron chi connectivity index (χ2n) is 6.96. The van der Waals surface area contributed by atoms with Crippen molar-refractivity contribution in [2.45, 2.75) is 45.0 Å². The minimum Gasteiger partial charge on any atom is -0.403 e. The monoisotopic (exact) mass is 369 g/mol. The van der Waals surface area contributed by atoms with Crippen molar-refractivity contribution < 1.29 is 9.22 Å². The van der Waals surface area contributed by atoms with Gasteiger partial charge in [0, 0.05) is 25.3 Å². The average Bonchev–Trinajstić information content (AvgIpc) is 2.70. The second kappa shape index (κ2) is 9.15. The summed E-state index contributed by atoms with van der Waals surface area (Å²) in [6.07, 6.45) is -0.528. The van der Waals surface area contributed by atoms with Gasteiger partial charge in [-0.1, -0.05) is 63.2 Å². The smallest absolute Gasteiger partial charge is 0.194 e. The predicted molar refractivity (Wildman–Crippen MR) is 113 cm³/mol. The van der Waals surface area contributed by atoms with Crippen LogP contribution >= 0.6 is 0 Å². The molecule has 0 bridgehead atoms. The van der Waals surface area contributed by atoms with Crippen molar-refractivity contribution >= 4 is 19.8 Å². The lowest BCUT2D eigenvalue weighted by Gasteiger charge is -2.33. The lowest BCUT2D eigenvalue weighted by atomic mass is 10.00. The summed E-state index contributed by atoms with van der Waals surface area (Å²) in [6, 6.07) is 20.7. The molecule has 0 aromatic heterocycles. The highest BCUT2D eigenvalue weighted by Crippen LogP contribution is 2.32. The Labute approximate surface area is 159 Å². The molecule has 0 fully saturated rings. The Hall–Kier alpha value is -1.91. The first kappa shape index (κ1) is 20.4. The summed E-state index contributed by atoms with van der Waals surface area (Å²) in [5.41, 5.74) is 2.77. The molecule has 4 heteroatoms. The number of hydrogen-bond acceptors (Lipinski definition) is 3. The quantitative estimate of drug-likeness (QED) is 0.419. The first-order chi connectivity index (χ1) is 12.5. The summed E-state index contributed by atoms with van der Waals surface area (Å²) < 4.78 is 6.66. The summed E-state index contributed by atoms with van der Waals surface area (Å²) in [4.78, 5) is 15.3. The van der Waals surface area contributed by atoms with Crippen LogP contribution < -0.4 is 4.90 Å². The van der Waals surface area contributed by atoms with Gasteiger partial charge in [-0.2, -0.15) is 0 Å². The number of carbonyl (C=O) groups excluding carboxylic acids is 1. The number of Topliss-reactive ketones (excluding diaryl/α,β-unsaturated/α-hetero) is 1. The maximum Gasteiger partial charge on any atom is 0.194 e. The summed E-state index contributed by atoms with van der Waals surface area (Å²) >= 11 is 0. The van der Waals surface area contributed by atoms with Gasteiger partial charge in [-0.25, -0.2) is 0 Å². The Balaban J connectivity index is 2.42. The van der Waals surface area contributed by atoms with Crippen LogP contribution in [0.3, 0.4) is 0 Å². The Morgan fingerprint density at radius 1 is 0.923 bits per heavy atom. The molecule has 0 N–H and O–H groups in total. The topological polar surface area (TPSA) is 29.5 Å². The minimum absolute atomic E-state index is 0.0513. The van der Waals surface area contributed by atoms with E-state index in [1.54, 1.807) is 0 Å². The zero-order valence-corrected chi connectivity index (χ0v) is 17.7. The number of carbonyl (C=O) groups is 1. The Kier molecular flexibility index (Phi) is 7.18. The molecule has 3 nitrogen and oxygen atoms in total. The van der Waals surface area contributed by atoms with E-state index in [0.29, 0.717) is 5.56 Å². The van der Waals surface area contributed by atoms with E-state index in [9.17, 15) is 4.79 Å². The Morgan fingerprint density at radius 3 is 1.92 bits per heavy atom. The highest BCUT2D eigenvalue weighted by Gasteiger charge is 2.35. The normalized spacial score (nSPS) is 12.7. The third-order valence-corrected chi connectivity index (χ3v) is 9.91. The van der Waals surface area contributed by atoms with Gasteiger partial charge in [0.2, 0.25) is 0 Å². The SMILES string of the molecule is CC[Si](CC)(CC)OC(C(=O)c1ccccc1)c1ccc(N(C)C)cc1. The molecule has 0 aliphatic carbocycles. The number of anilines is 1. The van der Waals surface area contributed by atoms with Gasteiger partial charge >= 0.3 is 0 Å². The van der Waals surface area contributed by atoms with Gasteiger partial charge in [-0.15, -0.1) is 0 Å². The van der Waals surface area contributed by atoms with Gasteiger partial charge in [0.1, 0.15) is 6.10 Å². The molecule has 0 aliphatic heterocycles. The molecule has 0 saturated heterocycles. The molecule has 1 unspecified atom stereocenters. The Morgan fingerprint density at radius 2 is 1.46 bits per heavy atom. The van der Waals surface area contributed by atoms with Gasteiger partial charge in [0.25, 0.3) is 0 Å². The maximum absolute atomic E-state index is 13.3. The third-order valence-electron chi connectivity index (χ3n) is 5.31. The van der Waals surface area contributed by atoms with Gasteiger partial charge in [0.05, 0.1) is 0 Å². The summed E-state index contributed by atoms with van der Waals surface area (Å²) in [5, 5.41) is 0. The van der Waals surface area contributed by atoms with Gasteiger partial charge < -0.3 is 9.33 Å². The molecule has 0 amide bonds. The standard InChI is InChI=1S/C22H31NO2Si/c1-6-26(7-2,8-3)25-22(21(24)18-12-10-9-11-13-18)19-14-16-20(17-15-19)23(4)5/h9-17,22H,6-8H2,1-5H3. The van der Waals surface area contributed by atoms with E-state index in [-0.39, 0.29) is 5.78 Å². The van der Waals surface area contributed by atoms with Gasteiger partial charge in [0.15, 0.2) is 14.1 Å². The van der Waals surface area contributed by atoms with E-state index in [0.717, 1.165) is 29.4 Å². The molecule has 0 radical (unpaired) electrons. The molecule has 1 atom stereocenters. The summed E-state index contributed by atoms with van der Waals surface area (Å²) in [7, 11) is 2.10. The van der Waals surface area contributed by atoms with Crippen LogP contribution in [0.2, 0.25) is 18.1 Å². The largest absolute Gasteiger partial charge is 0.403 e. The second-order valence-corrected chi connectivity index (χ2v) is 11.7. The van der Waals surface area contributed by atoms with Crippen LogP contribution in [0.5, 0.6) is 0 Å². The molecule has 2 aromatic rings. The highest BCUT2D eigenvalue weighted by atomic mass is 28.4. The summed E-state index contributed by atoms with van der Waals surface area (Å²) in [6.45, 7) is 6.58. The lowest BCUT2D eigenvalue weighted by Crippen LogP contribution is -2.39. The van der Waals surface area contributed by atoms with Crippen molar-refractivity contribution in [3.05, 3.63) is 65.7 Å². The maximum atomic E-state index is 13.3. The molecule has 0 aliphatic rings. The van der Waals surface area contributed by atoms with Crippen LogP contribution in [0.25, 0.3) is 0 Å². The van der Waals surface area contributed by atoms with Crippen molar-refractivity contribution in [1.29, 1.82) is 0 Å². The van der Waals surface area contributed by atoms with Crippen molar-refractivity contribution in [1.82, 2.24) is 0 Å². The van der Waals surface area contributed by atoms with Crippen molar-refractivity contribution in [2.75, 3.05) is 19.0 Å². The van der Waals surface area contributed by atoms with Crippen molar-refractivity contribution in [2.24, 2.45) is 0 Å². The molecule has 0 spiro atoms.